The average Bonchev–Trinajstić information content (AvgIpc) is 2.74. The average molecular weight is 286 g/mol. The van der Waals surface area contributed by atoms with Crippen molar-refractivity contribution in [3.8, 4) is 5.75 Å². The summed E-state index contributed by atoms with van der Waals surface area (Å²) in [5.74, 6) is -1.94. The van der Waals surface area contributed by atoms with Crippen LogP contribution in [-0.4, -0.2) is 50.8 Å². The molecule has 0 aromatic heterocycles. The SMILES string of the molecule is O=C(O)[C@@H]1C[C@@H](O)CN1C(=O)c1cc(O)ccc1Cl. The topological polar surface area (TPSA) is 98.1 Å². The molecule has 6 nitrogen and oxygen atoms in total. The van der Waals surface area contributed by atoms with Crippen LogP contribution in [0.4, 0.5) is 0 Å². The molecular formula is C12H12ClNO5. The maximum atomic E-state index is 12.2. The molecule has 1 aromatic carbocycles. The van der Waals surface area contributed by atoms with Gasteiger partial charge in [0.05, 0.1) is 16.7 Å². The molecule has 3 N–H and O–H groups in total. The van der Waals surface area contributed by atoms with Gasteiger partial charge in [-0.1, -0.05) is 11.6 Å². The number of likely N-dealkylation sites (tertiary alicyclic amines) is 1. The fourth-order valence-corrected chi connectivity index (χ4v) is 2.30. The van der Waals surface area contributed by atoms with Crippen LogP contribution in [0.25, 0.3) is 0 Å². The smallest absolute Gasteiger partial charge is 0.326 e. The Bertz CT molecular complexity index is 533. The largest absolute Gasteiger partial charge is 0.508 e. The highest BCUT2D eigenvalue weighted by atomic mass is 35.5. The van der Waals surface area contributed by atoms with Crippen LogP contribution in [0, 0.1) is 0 Å². The van der Waals surface area contributed by atoms with E-state index in [1.165, 1.54) is 18.2 Å². The van der Waals surface area contributed by atoms with Crippen molar-refractivity contribution in [1.82, 2.24) is 4.90 Å². The van der Waals surface area contributed by atoms with Crippen LogP contribution in [0.1, 0.15) is 16.8 Å². The molecule has 1 heterocycles. The summed E-state index contributed by atoms with van der Waals surface area (Å²) in [6, 6.07) is 2.77. The molecule has 19 heavy (non-hydrogen) atoms. The predicted molar refractivity (Wildman–Crippen MR) is 66.2 cm³/mol. The Kier molecular flexibility index (Phi) is 3.64. The van der Waals surface area contributed by atoms with Gasteiger partial charge in [-0.3, -0.25) is 4.79 Å². The Labute approximate surface area is 113 Å². The van der Waals surface area contributed by atoms with Crippen molar-refractivity contribution in [1.29, 1.82) is 0 Å². The molecule has 7 heteroatoms. The maximum absolute atomic E-state index is 12.2. The van der Waals surface area contributed by atoms with Gasteiger partial charge in [0.25, 0.3) is 5.91 Å². The number of aliphatic carboxylic acids is 1. The number of carboxylic acids is 1. The summed E-state index contributed by atoms with van der Waals surface area (Å²) < 4.78 is 0. The monoisotopic (exact) mass is 285 g/mol. The zero-order valence-corrected chi connectivity index (χ0v) is 10.5. The third kappa shape index (κ3) is 2.64. The first-order valence-electron chi connectivity index (χ1n) is 5.60. The zero-order chi connectivity index (χ0) is 14.2. The maximum Gasteiger partial charge on any atom is 0.326 e. The molecule has 1 saturated heterocycles. The number of halogens is 1. The van der Waals surface area contributed by atoms with Crippen molar-refractivity contribution in [3.05, 3.63) is 28.8 Å². The summed E-state index contributed by atoms with van der Waals surface area (Å²) >= 11 is 5.86. The van der Waals surface area contributed by atoms with E-state index in [9.17, 15) is 19.8 Å². The highest BCUT2D eigenvalue weighted by Gasteiger charge is 2.39. The number of phenols is 1. The van der Waals surface area contributed by atoms with E-state index < -0.39 is 24.0 Å². The van der Waals surface area contributed by atoms with E-state index in [1.807, 2.05) is 0 Å². The molecule has 0 radical (unpaired) electrons. The van der Waals surface area contributed by atoms with Gasteiger partial charge >= 0.3 is 5.97 Å². The molecule has 1 fully saturated rings. The Balaban J connectivity index is 2.33. The number of aliphatic hydroxyl groups is 1. The van der Waals surface area contributed by atoms with Gasteiger partial charge in [-0.05, 0) is 18.2 Å². The lowest BCUT2D eigenvalue weighted by molar-refractivity contribution is -0.141. The van der Waals surface area contributed by atoms with Gasteiger partial charge in [-0.15, -0.1) is 0 Å². The molecule has 2 rings (SSSR count). The number of carboxylic acid groups (broad SMARTS) is 1. The second-order valence-electron chi connectivity index (χ2n) is 4.37. The fourth-order valence-electron chi connectivity index (χ4n) is 2.10. The summed E-state index contributed by atoms with van der Waals surface area (Å²) in [6.07, 6.45) is -0.890. The van der Waals surface area contributed by atoms with Crippen LogP contribution in [0.3, 0.4) is 0 Å². The van der Waals surface area contributed by atoms with E-state index in [4.69, 9.17) is 16.7 Å². The summed E-state index contributed by atoms with van der Waals surface area (Å²) in [6.45, 7) is -0.0677. The van der Waals surface area contributed by atoms with E-state index in [1.54, 1.807) is 0 Å². The molecule has 0 bridgehead atoms. The van der Waals surface area contributed by atoms with Gasteiger partial charge in [-0.25, -0.2) is 4.79 Å². The van der Waals surface area contributed by atoms with E-state index in [0.717, 1.165) is 4.90 Å². The number of carbonyl (C=O) groups excluding carboxylic acids is 1. The first-order valence-corrected chi connectivity index (χ1v) is 5.98. The van der Waals surface area contributed by atoms with Gasteiger partial charge in [-0.2, -0.15) is 0 Å². The Hall–Kier alpha value is -1.79. The molecule has 1 aromatic rings. The highest BCUT2D eigenvalue weighted by Crippen LogP contribution is 2.26. The fraction of sp³-hybridized carbons (Fsp3) is 0.333. The first kappa shape index (κ1) is 13.6. The lowest BCUT2D eigenvalue weighted by Crippen LogP contribution is -2.40. The van der Waals surface area contributed by atoms with Gasteiger partial charge in [0.1, 0.15) is 11.8 Å². The Morgan fingerprint density at radius 3 is 2.68 bits per heavy atom. The summed E-state index contributed by atoms with van der Waals surface area (Å²) in [5, 5.41) is 28.0. The number of aromatic hydroxyl groups is 1. The number of rotatable bonds is 2. The van der Waals surface area contributed by atoms with Gasteiger partial charge in [0.2, 0.25) is 0 Å². The van der Waals surface area contributed by atoms with Crippen molar-refractivity contribution < 1.29 is 24.9 Å². The lowest BCUT2D eigenvalue weighted by Gasteiger charge is -2.21. The lowest BCUT2D eigenvalue weighted by atomic mass is 10.1. The molecular weight excluding hydrogens is 274 g/mol. The minimum atomic E-state index is -1.18. The van der Waals surface area contributed by atoms with E-state index in [0.29, 0.717) is 0 Å². The zero-order valence-electron chi connectivity index (χ0n) is 9.78. The van der Waals surface area contributed by atoms with Gasteiger partial charge in [0, 0.05) is 13.0 Å². The molecule has 2 atom stereocenters. The van der Waals surface area contributed by atoms with Crippen LogP contribution >= 0.6 is 11.6 Å². The van der Waals surface area contributed by atoms with Crippen molar-refractivity contribution in [2.75, 3.05) is 6.54 Å². The van der Waals surface area contributed by atoms with E-state index >= 15 is 0 Å². The number of aliphatic hydroxyl groups excluding tert-OH is 1. The first-order chi connectivity index (χ1) is 8.90. The predicted octanol–water partition coefficient (Wildman–Crippen LogP) is 0.706. The quantitative estimate of drug-likeness (QED) is 0.743. The molecule has 0 spiro atoms. The van der Waals surface area contributed by atoms with Crippen LogP contribution < -0.4 is 0 Å². The summed E-state index contributed by atoms with van der Waals surface area (Å²) in [4.78, 5) is 24.3. The normalized spacial score (nSPS) is 22.5. The summed E-state index contributed by atoms with van der Waals surface area (Å²) in [5.41, 5.74) is 0.0158. The number of carbonyl (C=O) groups is 2. The summed E-state index contributed by atoms with van der Waals surface area (Å²) in [7, 11) is 0. The van der Waals surface area contributed by atoms with Crippen molar-refractivity contribution >= 4 is 23.5 Å². The number of nitrogens with zero attached hydrogens (tertiary/aromatic N) is 1. The Morgan fingerprint density at radius 2 is 2.05 bits per heavy atom. The standard InChI is InChI=1S/C12H12ClNO5/c13-9-2-1-6(15)3-8(9)11(17)14-5-7(16)4-10(14)12(18)19/h1-3,7,10,15-16H,4-5H2,(H,18,19)/t7-,10+/m1/s1. The van der Waals surface area contributed by atoms with Crippen molar-refractivity contribution in [2.24, 2.45) is 0 Å². The minimum Gasteiger partial charge on any atom is -0.508 e. The third-order valence-electron chi connectivity index (χ3n) is 3.01. The number of β-amino-alcohol motifs (C(OH)–C–C–N with tert-alkyl or cyclic N) is 1. The molecule has 0 aliphatic carbocycles. The van der Waals surface area contributed by atoms with Crippen LogP contribution in [0.5, 0.6) is 5.75 Å². The second kappa shape index (κ2) is 5.07. The van der Waals surface area contributed by atoms with Crippen LogP contribution in [0.15, 0.2) is 18.2 Å². The molecule has 1 amide bonds. The molecule has 0 saturated carbocycles. The second-order valence-corrected chi connectivity index (χ2v) is 4.77. The number of benzene rings is 1. The number of hydrogen-bond donors (Lipinski definition) is 3. The third-order valence-corrected chi connectivity index (χ3v) is 3.33. The molecule has 0 unspecified atom stereocenters. The van der Waals surface area contributed by atoms with Crippen LogP contribution in [-0.2, 0) is 4.79 Å². The van der Waals surface area contributed by atoms with E-state index in [-0.39, 0.29) is 29.3 Å². The van der Waals surface area contributed by atoms with E-state index in [2.05, 4.69) is 0 Å². The number of amides is 1. The molecule has 1 aliphatic heterocycles. The van der Waals surface area contributed by atoms with Crippen molar-refractivity contribution in [2.45, 2.75) is 18.6 Å². The number of phenolic OH excluding ortho intramolecular Hbond substituents is 1. The van der Waals surface area contributed by atoms with Gasteiger partial charge < -0.3 is 20.2 Å². The van der Waals surface area contributed by atoms with Crippen LogP contribution in [0.2, 0.25) is 5.02 Å². The molecule has 102 valence electrons. The number of hydrogen-bond acceptors (Lipinski definition) is 4. The minimum absolute atomic E-state index is 0.0158. The highest BCUT2D eigenvalue weighted by molar-refractivity contribution is 6.34. The van der Waals surface area contributed by atoms with Crippen molar-refractivity contribution in [3.63, 3.8) is 0 Å². The van der Waals surface area contributed by atoms with Gasteiger partial charge in [0.15, 0.2) is 0 Å². The Morgan fingerprint density at radius 1 is 1.37 bits per heavy atom. The molecule has 1 aliphatic rings.